The van der Waals surface area contributed by atoms with Gasteiger partial charge in [-0.3, -0.25) is 9.59 Å². The van der Waals surface area contributed by atoms with E-state index in [2.05, 4.69) is 0 Å². The Kier molecular flexibility index (Phi) is 8.28. The lowest BCUT2D eigenvalue weighted by atomic mass is 9.95. The number of likely N-dealkylation sites (tertiary alicyclic amines) is 1. The van der Waals surface area contributed by atoms with Crippen LogP contribution in [0.15, 0.2) is 48.0 Å². The van der Waals surface area contributed by atoms with Crippen LogP contribution >= 0.6 is 11.6 Å². The highest BCUT2D eigenvalue weighted by atomic mass is 35.5. The average molecular weight is 517 g/mol. The zero-order valence-corrected chi connectivity index (χ0v) is 21.1. The number of benzene rings is 2. The number of Topliss-reactive ketones (excluding diaryl/α,β-unsaturated/α-hetero) is 1. The predicted octanol–water partition coefficient (Wildman–Crippen LogP) is 1.80. The third-order valence-corrected chi connectivity index (χ3v) is 6.61. The van der Waals surface area contributed by atoms with Gasteiger partial charge in [0.1, 0.15) is 13.1 Å². The number of rotatable bonds is 8. The van der Waals surface area contributed by atoms with Crippen molar-refractivity contribution in [2.24, 2.45) is 0 Å². The van der Waals surface area contributed by atoms with Gasteiger partial charge in [-0.1, -0.05) is 35.6 Å². The molecule has 1 unspecified atom stereocenters. The van der Waals surface area contributed by atoms with E-state index in [-0.39, 0.29) is 23.0 Å². The number of nitrogens with zero attached hydrogens (tertiary/aromatic N) is 1. The van der Waals surface area contributed by atoms with E-state index < -0.39 is 29.3 Å². The van der Waals surface area contributed by atoms with Crippen molar-refractivity contribution in [2.75, 3.05) is 39.4 Å². The van der Waals surface area contributed by atoms with Crippen molar-refractivity contribution in [1.82, 2.24) is 4.90 Å². The fourth-order valence-electron chi connectivity index (χ4n) is 4.68. The molecule has 2 aliphatic heterocycles. The van der Waals surface area contributed by atoms with Crippen molar-refractivity contribution >= 4 is 29.1 Å². The van der Waals surface area contributed by atoms with Gasteiger partial charge in [-0.15, -0.1) is 0 Å². The van der Waals surface area contributed by atoms with Crippen LogP contribution in [-0.4, -0.2) is 62.1 Å². The van der Waals surface area contributed by atoms with Crippen LogP contribution in [0.25, 0.3) is 5.76 Å². The first kappa shape index (κ1) is 26.1. The summed E-state index contributed by atoms with van der Waals surface area (Å²) in [5.41, 5.74) is 0.341. The Morgan fingerprint density at radius 3 is 2.64 bits per heavy atom. The van der Waals surface area contributed by atoms with Crippen molar-refractivity contribution in [2.45, 2.75) is 32.4 Å². The van der Waals surface area contributed by atoms with Crippen molar-refractivity contribution in [3.8, 4) is 5.75 Å². The first-order valence-corrected chi connectivity index (χ1v) is 12.5. The molecule has 0 radical (unpaired) electrons. The van der Waals surface area contributed by atoms with E-state index in [0.717, 1.165) is 25.7 Å². The SMILES string of the molecule is CC(C)Oc1ccc(C([O-])=C2C(=O)C(=O)N(CCC[NH+]3CCOCC3)C2c2cccc(Cl)c2)cc1F. The Balaban J connectivity index is 1.68. The van der Waals surface area contributed by atoms with Crippen LogP contribution in [0.3, 0.4) is 0 Å². The lowest BCUT2D eigenvalue weighted by Gasteiger charge is -2.29. The van der Waals surface area contributed by atoms with Crippen LogP contribution in [0.2, 0.25) is 5.02 Å². The fraction of sp³-hybridized carbons (Fsp3) is 0.407. The Morgan fingerprint density at radius 2 is 1.97 bits per heavy atom. The number of ketones is 1. The molecule has 2 saturated heterocycles. The third kappa shape index (κ3) is 5.72. The van der Waals surface area contributed by atoms with E-state index in [1.54, 1.807) is 38.1 Å². The number of amides is 1. The highest BCUT2D eigenvalue weighted by Crippen LogP contribution is 2.39. The molecule has 4 rings (SSSR count). The smallest absolute Gasteiger partial charge is 0.295 e. The maximum absolute atomic E-state index is 14.6. The van der Waals surface area contributed by atoms with Crippen LogP contribution in [0, 0.1) is 5.82 Å². The molecule has 0 spiro atoms. The quantitative estimate of drug-likeness (QED) is 0.329. The Morgan fingerprint density at radius 1 is 1.22 bits per heavy atom. The molecular weight excluding hydrogens is 487 g/mol. The Bertz CT molecular complexity index is 1160. The standard InChI is InChI=1S/C27H30ClFN2O5/c1-17(2)36-22-8-7-19(16-21(22)29)25(32)23-24(18-5-3-6-20(28)15-18)31(27(34)26(23)33)10-4-9-30-11-13-35-14-12-30/h3,5-8,15-17,24,32H,4,9-14H2,1-2H3. The fourth-order valence-corrected chi connectivity index (χ4v) is 4.88. The highest BCUT2D eigenvalue weighted by molar-refractivity contribution is 6.46. The minimum atomic E-state index is -0.898. The Labute approximate surface area is 215 Å². The van der Waals surface area contributed by atoms with E-state index in [4.69, 9.17) is 21.1 Å². The number of hydrogen-bond acceptors (Lipinski definition) is 5. The van der Waals surface area contributed by atoms with E-state index >= 15 is 0 Å². The number of nitrogens with one attached hydrogen (secondary N) is 1. The molecular formula is C27H30ClFN2O5. The molecule has 1 amide bonds. The lowest BCUT2D eigenvalue weighted by Crippen LogP contribution is -3.14. The van der Waals surface area contributed by atoms with Gasteiger partial charge in [-0.2, -0.15) is 0 Å². The van der Waals surface area contributed by atoms with E-state index in [9.17, 15) is 19.1 Å². The van der Waals surface area contributed by atoms with Gasteiger partial charge in [0.15, 0.2) is 11.6 Å². The largest absolute Gasteiger partial charge is 0.872 e. The van der Waals surface area contributed by atoms with Crippen LogP contribution in [0.1, 0.15) is 37.4 Å². The zero-order chi connectivity index (χ0) is 25.8. The van der Waals surface area contributed by atoms with E-state index in [0.29, 0.717) is 36.8 Å². The van der Waals surface area contributed by atoms with Crippen LogP contribution < -0.4 is 14.7 Å². The summed E-state index contributed by atoms with van der Waals surface area (Å²) < 4.78 is 25.5. The summed E-state index contributed by atoms with van der Waals surface area (Å²) in [5, 5.41) is 14.0. The molecule has 7 nitrogen and oxygen atoms in total. The van der Waals surface area contributed by atoms with Gasteiger partial charge in [-0.05, 0) is 49.2 Å². The van der Waals surface area contributed by atoms with Gasteiger partial charge in [0.25, 0.3) is 5.91 Å². The predicted molar refractivity (Wildman–Crippen MR) is 131 cm³/mol. The summed E-state index contributed by atoms with van der Waals surface area (Å²) in [6.45, 7) is 7.83. The number of carbonyl (C=O) groups excluding carboxylic acids is 2. The molecule has 36 heavy (non-hydrogen) atoms. The van der Waals surface area contributed by atoms with Crippen molar-refractivity contribution in [3.05, 3.63) is 70.0 Å². The number of halogens is 2. The van der Waals surface area contributed by atoms with Crippen molar-refractivity contribution < 1.29 is 33.5 Å². The average Bonchev–Trinajstić information content (AvgIpc) is 3.10. The van der Waals surface area contributed by atoms with E-state index in [1.165, 1.54) is 21.9 Å². The number of ether oxygens (including phenoxy) is 2. The first-order chi connectivity index (χ1) is 17.3. The molecule has 0 aliphatic carbocycles. The molecule has 0 saturated carbocycles. The van der Waals surface area contributed by atoms with Crippen LogP contribution in [-0.2, 0) is 14.3 Å². The van der Waals surface area contributed by atoms with Gasteiger partial charge >= 0.3 is 0 Å². The number of quaternary nitrogens is 1. The topological polar surface area (TPSA) is 83.3 Å². The maximum Gasteiger partial charge on any atom is 0.295 e. The normalized spacial score (nSPS) is 20.4. The van der Waals surface area contributed by atoms with Gasteiger partial charge in [0.05, 0.1) is 31.9 Å². The molecule has 2 heterocycles. The molecule has 192 valence electrons. The summed E-state index contributed by atoms with van der Waals surface area (Å²) in [4.78, 5) is 29.0. The monoisotopic (exact) mass is 516 g/mol. The molecule has 2 aliphatic rings. The molecule has 2 aromatic rings. The van der Waals surface area contributed by atoms with Crippen LogP contribution in [0.5, 0.6) is 5.75 Å². The molecule has 9 heteroatoms. The second-order valence-corrected chi connectivity index (χ2v) is 9.74. The maximum atomic E-state index is 14.6. The van der Waals surface area contributed by atoms with Crippen molar-refractivity contribution in [3.63, 3.8) is 0 Å². The number of morpholine rings is 1. The lowest BCUT2D eigenvalue weighted by molar-refractivity contribution is -0.908. The first-order valence-electron chi connectivity index (χ1n) is 12.2. The second kappa shape index (κ2) is 11.4. The van der Waals surface area contributed by atoms with Gasteiger partial charge in [0, 0.05) is 23.6 Å². The van der Waals surface area contributed by atoms with Crippen molar-refractivity contribution in [1.29, 1.82) is 0 Å². The molecule has 0 aromatic heterocycles. The summed E-state index contributed by atoms with van der Waals surface area (Å²) in [6.07, 6.45) is 0.410. The molecule has 2 aromatic carbocycles. The van der Waals surface area contributed by atoms with E-state index in [1.807, 2.05) is 0 Å². The minimum absolute atomic E-state index is 0.0130. The summed E-state index contributed by atoms with van der Waals surface area (Å²) >= 11 is 6.21. The van der Waals surface area contributed by atoms with Crippen LogP contribution in [0.4, 0.5) is 4.39 Å². The molecule has 2 fully saturated rings. The summed E-state index contributed by atoms with van der Waals surface area (Å²) in [7, 11) is 0. The molecule has 0 bridgehead atoms. The number of carbonyl (C=O) groups is 2. The summed E-state index contributed by atoms with van der Waals surface area (Å²) in [5.74, 6) is -2.99. The molecule has 1 atom stereocenters. The highest BCUT2D eigenvalue weighted by Gasteiger charge is 2.44. The second-order valence-electron chi connectivity index (χ2n) is 9.31. The van der Waals surface area contributed by atoms with Gasteiger partial charge in [0.2, 0.25) is 5.78 Å². The number of hydrogen-bond donors (Lipinski definition) is 1. The molecule has 1 N–H and O–H groups in total. The minimum Gasteiger partial charge on any atom is -0.872 e. The van der Waals surface area contributed by atoms with Gasteiger partial charge in [-0.25, -0.2) is 4.39 Å². The van der Waals surface area contributed by atoms with Gasteiger partial charge < -0.3 is 24.4 Å². The zero-order valence-electron chi connectivity index (χ0n) is 20.4. The summed E-state index contributed by atoms with van der Waals surface area (Å²) in [6, 6.07) is 9.69. The Hall–Kier alpha value is -2.94. The third-order valence-electron chi connectivity index (χ3n) is 6.38.